The lowest BCUT2D eigenvalue weighted by molar-refractivity contribution is -0.934. The summed E-state index contributed by atoms with van der Waals surface area (Å²) in [6.07, 6.45) is 3.91. The van der Waals surface area contributed by atoms with Gasteiger partial charge in [-0.25, -0.2) is 0 Å². The lowest BCUT2D eigenvalue weighted by atomic mass is 10.0. The van der Waals surface area contributed by atoms with Crippen molar-refractivity contribution in [2.75, 3.05) is 39.2 Å². The molecule has 2 aromatic rings. The van der Waals surface area contributed by atoms with Gasteiger partial charge in [-0.3, -0.25) is 0 Å². The van der Waals surface area contributed by atoms with Crippen molar-refractivity contribution in [1.82, 2.24) is 5.32 Å². The molecule has 0 spiro atoms. The number of piperidine rings is 1. The minimum atomic E-state index is 0.363. The molecule has 0 unspecified atom stereocenters. The van der Waals surface area contributed by atoms with Gasteiger partial charge < -0.3 is 25.0 Å². The molecule has 2 aromatic carbocycles. The summed E-state index contributed by atoms with van der Waals surface area (Å²) in [6.45, 7) is 3.21. The number of anilines is 1. The van der Waals surface area contributed by atoms with Crippen LogP contribution in [0, 0.1) is 0 Å². The molecule has 1 fully saturated rings. The van der Waals surface area contributed by atoms with E-state index in [9.17, 15) is 0 Å². The van der Waals surface area contributed by atoms with Crippen molar-refractivity contribution in [3.63, 3.8) is 0 Å². The van der Waals surface area contributed by atoms with Crippen LogP contribution in [0.25, 0.3) is 0 Å². The Labute approximate surface area is 173 Å². The summed E-state index contributed by atoms with van der Waals surface area (Å²) >= 11 is 5.52. The lowest BCUT2D eigenvalue weighted by Crippen LogP contribution is -3.13. The molecule has 0 aliphatic carbocycles. The summed E-state index contributed by atoms with van der Waals surface area (Å²) in [4.78, 5) is 1.62. The monoisotopic (exact) mass is 400 g/mol. The number of hydrogen-bond donors (Lipinski definition) is 3. The van der Waals surface area contributed by atoms with Crippen LogP contribution in [-0.2, 0) is 0 Å². The highest BCUT2D eigenvalue weighted by atomic mass is 32.1. The van der Waals surface area contributed by atoms with Gasteiger partial charge in [-0.2, -0.15) is 0 Å². The number of ether oxygens (including phenoxy) is 2. The Bertz CT molecular complexity index is 743. The minimum Gasteiger partial charge on any atom is -0.497 e. The fourth-order valence-corrected chi connectivity index (χ4v) is 3.93. The summed E-state index contributed by atoms with van der Waals surface area (Å²) < 4.78 is 10.5. The number of methoxy groups -OCH3 is 2. The molecule has 3 N–H and O–H groups in total. The second kappa shape index (κ2) is 10.3. The highest BCUT2D eigenvalue weighted by Crippen LogP contribution is 2.17. The molecule has 1 atom stereocenters. The zero-order chi connectivity index (χ0) is 19.8. The van der Waals surface area contributed by atoms with E-state index in [2.05, 4.69) is 22.8 Å². The minimum absolute atomic E-state index is 0.363. The van der Waals surface area contributed by atoms with Crippen molar-refractivity contribution in [1.29, 1.82) is 0 Å². The standard InChI is InChI=1S/C22H29N3O2S/c1-26-19-10-6-17(7-11-19)21(25-14-4-3-5-15-25)16-23-22(28)24-18-8-12-20(27-2)13-9-18/h6-13,21H,3-5,14-16H2,1-2H3,(H2,23,24,28)/p+1/t21-/m1/s1. The lowest BCUT2D eigenvalue weighted by Gasteiger charge is -2.32. The van der Waals surface area contributed by atoms with E-state index in [0.717, 1.165) is 23.7 Å². The van der Waals surface area contributed by atoms with Gasteiger partial charge in [-0.05, 0) is 80.0 Å². The highest BCUT2D eigenvalue weighted by Gasteiger charge is 2.26. The van der Waals surface area contributed by atoms with E-state index in [1.165, 1.54) is 37.9 Å². The van der Waals surface area contributed by atoms with Gasteiger partial charge in [0.15, 0.2) is 5.11 Å². The number of nitrogens with one attached hydrogen (secondary N) is 3. The topological polar surface area (TPSA) is 47.0 Å². The van der Waals surface area contributed by atoms with Crippen LogP contribution >= 0.6 is 12.2 Å². The van der Waals surface area contributed by atoms with E-state index in [0.29, 0.717) is 11.2 Å². The first-order valence-electron chi connectivity index (χ1n) is 9.87. The molecule has 1 aliphatic heterocycles. The van der Waals surface area contributed by atoms with E-state index in [4.69, 9.17) is 21.7 Å². The normalized spacial score (nSPS) is 15.5. The van der Waals surface area contributed by atoms with Gasteiger partial charge in [0.2, 0.25) is 0 Å². The van der Waals surface area contributed by atoms with Gasteiger partial charge in [0.05, 0.1) is 33.9 Å². The van der Waals surface area contributed by atoms with Crippen LogP contribution in [0.4, 0.5) is 5.69 Å². The molecule has 0 aromatic heterocycles. The molecule has 28 heavy (non-hydrogen) atoms. The second-order valence-corrected chi connectivity index (χ2v) is 7.52. The largest absolute Gasteiger partial charge is 0.497 e. The third-order valence-electron chi connectivity index (χ3n) is 5.32. The first kappa shape index (κ1) is 20.4. The van der Waals surface area contributed by atoms with E-state index in [1.54, 1.807) is 19.1 Å². The van der Waals surface area contributed by atoms with Crippen molar-refractivity contribution in [3.05, 3.63) is 54.1 Å². The third-order valence-corrected chi connectivity index (χ3v) is 5.57. The molecule has 5 nitrogen and oxygen atoms in total. The number of rotatable bonds is 7. The first-order valence-corrected chi connectivity index (χ1v) is 10.3. The predicted molar refractivity (Wildman–Crippen MR) is 118 cm³/mol. The Morgan fingerprint density at radius 1 is 0.929 bits per heavy atom. The van der Waals surface area contributed by atoms with Gasteiger partial charge in [0.25, 0.3) is 0 Å². The van der Waals surface area contributed by atoms with Crippen LogP contribution in [0.1, 0.15) is 30.9 Å². The fraction of sp³-hybridized carbons (Fsp3) is 0.409. The second-order valence-electron chi connectivity index (χ2n) is 7.11. The molecule has 0 amide bonds. The average Bonchev–Trinajstić information content (AvgIpc) is 2.75. The average molecular weight is 401 g/mol. The van der Waals surface area contributed by atoms with Crippen LogP contribution < -0.4 is 25.0 Å². The van der Waals surface area contributed by atoms with Crippen LogP contribution in [0.3, 0.4) is 0 Å². The van der Waals surface area contributed by atoms with Crippen molar-refractivity contribution in [3.8, 4) is 11.5 Å². The Balaban J connectivity index is 1.63. The maximum atomic E-state index is 5.52. The summed E-state index contributed by atoms with van der Waals surface area (Å²) in [6, 6.07) is 16.6. The quantitative estimate of drug-likeness (QED) is 0.624. The van der Waals surface area contributed by atoms with Crippen molar-refractivity contribution in [2.24, 2.45) is 0 Å². The number of likely N-dealkylation sites (tertiary alicyclic amines) is 1. The number of benzene rings is 2. The number of thiocarbonyl (C=S) groups is 1. The summed E-state index contributed by atoms with van der Waals surface area (Å²) in [7, 11) is 3.37. The summed E-state index contributed by atoms with van der Waals surface area (Å²) in [5, 5.41) is 7.32. The SMILES string of the molecule is COc1ccc(NC(=S)NC[C@H](c2ccc(OC)cc2)[NH+]2CCCCC2)cc1. The highest BCUT2D eigenvalue weighted by molar-refractivity contribution is 7.80. The van der Waals surface area contributed by atoms with Gasteiger partial charge >= 0.3 is 0 Å². The number of quaternary nitrogens is 1. The Kier molecular flexibility index (Phi) is 7.51. The molecule has 1 heterocycles. The van der Waals surface area contributed by atoms with E-state index >= 15 is 0 Å². The molecule has 1 aliphatic rings. The maximum Gasteiger partial charge on any atom is 0.171 e. The first-order chi connectivity index (χ1) is 13.7. The van der Waals surface area contributed by atoms with Gasteiger partial charge in [0.1, 0.15) is 17.5 Å². The Morgan fingerprint density at radius 3 is 2.07 bits per heavy atom. The third kappa shape index (κ3) is 5.59. The molecule has 1 saturated heterocycles. The molecular weight excluding hydrogens is 370 g/mol. The predicted octanol–water partition coefficient (Wildman–Crippen LogP) is 2.80. The molecule has 150 valence electrons. The summed E-state index contributed by atoms with van der Waals surface area (Å²) in [5.41, 5.74) is 2.27. The number of hydrogen-bond acceptors (Lipinski definition) is 3. The van der Waals surface area contributed by atoms with E-state index in [-0.39, 0.29) is 0 Å². The molecule has 0 saturated carbocycles. The van der Waals surface area contributed by atoms with Gasteiger partial charge in [-0.1, -0.05) is 0 Å². The molecular formula is C22H30N3O2S+. The van der Waals surface area contributed by atoms with Crippen molar-refractivity contribution in [2.45, 2.75) is 25.3 Å². The summed E-state index contributed by atoms with van der Waals surface area (Å²) in [5.74, 6) is 1.72. The molecule has 0 radical (unpaired) electrons. The van der Waals surface area contributed by atoms with Crippen LogP contribution in [0.5, 0.6) is 11.5 Å². The van der Waals surface area contributed by atoms with Gasteiger partial charge in [-0.15, -0.1) is 0 Å². The maximum absolute atomic E-state index is 5.52. The van der Waals surface area contributed by atoms with E-state index < -0.39 is 0 Å². The fourth-order valence-electron chi connectivity index (χ4n) is 3.73. The smallest absolute Gasteiger partial charge is 0.171 e. The van der Waals surface area contributed by atoms with Crippen molar-refractivity contribution >= 4 is 23.0 Å². The van der Waals surface area contributed by atoms with Crippen molar-refractivity contribution < 1.29 is 14.4 Å². The van der Waals surface area contributed by atoms with Crippen LogP contribution in [0.15, 0.2) is 48.5 Å². The Hall–Kier alpha value is -2.31. The zero-order valence-electron chi connectivity index (χ0n) is 16.7. The van der Waals surface area contributed by atoms with E-state index in [1.807, 2.05) is 36.4 Å². The molecule has 3 rings (SSSR count). The van der Waals surface area contributed by atoms with Crippen LogP contribution in [-0.4, -0.2) is 39.0 Å². The molecule has 0 bridgehead atoms. The van der Waals surface area contributed by atoms with Crippen LogP contribution in [0.2, 0.25) is 0 Å². The zero-order valence-corrected chi connectivity index (χ0v) is 17.5. The molecule has 6 heteroatoms. The Morgan fingerprint density at radius 2 is 1.50 bits per heavy atom. The van der Waals surface area contributed by atoms with Gasteiger partial charge in [0, 0.05) is 11.3 Å².